The van der Waals surface area contributed by atoms with Crippen LogP contribution in [0.5, 0.6) is 11.5 Å². The quantitative estimate of drug-likeness (QED) is 0.184. The number of pyridine rings is 2. The third-order valence-corrected chi connectivity index (χ3v) is 6.38. The molecule has 7 heteroatoms. The smallest absolute Gasteiger partial charge is 0.360 e. The zero-order chi connectivity index (χ0) is 27.7. The minimum Gasteiger partial charge on any atom is -0.490 e. The monoisotopic (exact) mass is 548 g/mol. The molecular formula is C33H25ClN2O4. The number of nitrogens with zero attached hydrogens (tertiary/aromatic N) is 2. The summed E-state index contributed by atoms with van der Waals surface area (Å²) in [6, 6.07) is 35.0. The number of benzene rings is 3. The molecule has 0 aliphatic heterocycles. The van der Waals surface area contributed by atoms with E-state index in [1.807, 2.05) is 42.5 Å². The Kier molecular flexibility index (Phi) is 8.49. The van der Waals surface area contributed by atoms with Crippen molar-refractivity contribution in [2.45, 2.75) is 5.56 Å². The van der Waals surface area contributed by atoms with E-state index in [1.165, 1.54) is 0 Å². The maximum Gasteiger partial charge on any atom is 0.360 e. The van der Waals surface area contributed by atoms with Crippen molar-refractivity contribution >= 4 is 23.1 Å². The molecule has 1 unspecified atom stereocenters. The molecule has 0 saturated carbocycles. The summed E-state index contributed by atoms with van der Waals surface area (Å²) < 4.78 is 11.1. The molecule has 0 spiro atoms. The Morgan fingerprint density at radius 1 is 0.725 bits per heavy atom. The summed E-state index contributed by atoms with van der Waals surface area (Å²) in [4.78, 5) is 19.8. The molecule has 1 atom stereocenters. The van der Waals surface area contributed by atoms with E-state index in [1.54, 1.807) is 36.7 Å². The van der Waals surface area contributed by atoms with Gasteiger partial charge in [-0.1, -0.05) is 72.3 Å². The van der Waals surface area contributed by atoms with Crippen LogP contribution in [0, 0.1) is 0 Å². The van der Waals surface area contributed by atoms with Crippen LogP contribution in [0.4, 0.5) is 0 Å². The fraction of sp³-hybridized carbons (Fsp3) is 0.0606. The molecule has 40 heavy (non-hydrogen) atoms. The van der Waals surface area contributed by atoms with Gasteiger partial charge in [-0.05, 0) is 71.3 Å². The van der Waals surface area contributed by atoms with Gasteiger partial charge in [-0.15, -0.1) is 0 Å². The predicted molar refractivity (Wildman–Crippen MR) is 156 cm³/mol. The number of ether oxygens (including phenoxy) is 2. The summed E-state index contributed by atoms with van der Waals surface area (Å²) in [6.45, 7) is 0.312. The van der Waals surface area contributed by atoms with Crippen molar-refractivity contribution in [2.75, 3.05) is 6.61 Å². The van der Waals surface area contributed by atoms with Crippen molar-refractivity contribution in [3.8, 4) is 34.0 Å². The van der Waals surface area contributed by atoms with Crippen LogP contribution in [-0.4, -0.2) is 33.2 Å². The number of carboxylic acids is 1. The first-order chi connectivity index (χ1) is 19.6. The molecule has 0 fully saturated rings. The number of alkyl halides is 1. The van der Waals surface area contributed by atoms with Gasteiger partial charge in [0.05, 0.1) is 11.4 Å². The van der Waals surface area contributed by atoms with Crippen LogP contribution >= 0.6 is 11.6 Å². The fourth-order valence-corrected chi connectivity index (χ4v) is 4.22. The lowest BCUT2D eigenvalue weighted by Gasteiger charge is -2.12. The van der Waals surface area contributed by atoms with Crippen LogP contribution < -0.4 is 9.47 Å². The van der Waals surface area contributed by atoms with Gasteiger partial charge in [-0.25, -0.2) is 4.79 Å². The highest BCUT2D eigenvalue weighted by atomic mass is 35.5. The van der Waals surface area contributed by atoms with E-state index in [0.717, 1.165) is 39.2 Å². The van der Waals surface area contributed by atoms with E-state index in [0.29, 0.717) is 18.1 Å². The standard InChI is InChI=1S/C33H25ClN2O4/c34-32(33(37)38)40-28-17-15-27(16-18-28)39-22-19-29(23-7-11-25(12-8-23)30-5-1-3-20-35-30)24-9-13-26(14-10-24)31-6-2-4-21-36-31/h1-21,32H,22H2,(H,37,38). The average Bonchev–Trinajstić information content (AvgIpc) is 3.01. The van der Waals surface area contributed by atoms with Crippen LogP contribution in [0.25, 0.3) is 28.1 Å². The predicted octanol–water partition coefficient (Wildman–Crippen LogP) is 7.35. The molecule has 0 aliphatic rings. The van der Waals surface area contributed by atoms with Crippen LogP contribution in [0.1, 0.15) is 11.1 Å². The number of rotatable bonds is 10. The highest BCUT2D eigenvalue weighted by Gasteiger charge is 2.15. The second kappa shape index (κ2) is 12.7. The molecule has 3 aromatic carbocycles. The third-order valence-electron chi connectivity index (χ3n) is 6.11. The van der Waals surface area contributed by atoms with Crippen molar-refractivity contribution in [1.82, 2.24) is 9.97 Å². The minimum absolute atomic E-state index is 0.312. The van der Waals surface area contributed by atoms with Gasteiger partial charge in [0.15, 0.2) is 0 Å². The molecule has 0 aliphatic carbocycles. The molecule has 198 valence electrons. The molecule has 0 bridgehead atoms. The van der Waals surface area contributed by atoms with Crippen molar-refractivity contribution in [3.63, 3.8) is 0 Å². The Labute approximate surface area is 237 Å². The lowest BCUT2D eigenvalue weighted by atomic mass is 9.95. The molecule has 2 heterocycles. The lowest BCUT2D eigenvalue weighted by Crippen LogP contribution is -2.20. The van der Waals surface area contributed by atoms with Gasteiger partial charge in [0, 0.05) is 23.5 Å². The van der Waals surface area contributed by atoms with Crippen molar-refractivity contribution in [1.29, 1.82) is 0 Å². The SMILES string of the molecule is O=C(O)C(Cl)Oc1ccc(OCC=C(c2ccc(-c3ccccn3)cc2)c2ccc(-c3ccccn3)cc2)cc1. The first-order valence-corrected chi connectivity index (χ1v) is 13.0. The summed E-state index contributed by atoms with van der Waals surface area (Å²) in [6.07, 6.45) is 5.61. The number of hydrogen-bond donors (Lipinski definition) is 1. The summed E-state index contributed by atoms with van der Waals surface area (Å²) in [5, 5.41) is 8.91. The summed E-state index contributed by atoms with van der Waals surface area (Å²) in [5.74, 6) is -0.298. The maximum absolute atomic E-state index is 10.9. The van der Waals surface area contributed by atoms with E-state index < -0.39 is 11.5 Å². The first kappa shape index (κ1) is 26.7. The van der Waals surface area contributed by atoms with Gasteiger partial charge in [0.25, 0.3) is 5.56 Å². The largest absolute Gasteiger partial charge is 0.490 e. The maximum atomic E-state index is 10.9. The van der Waals surface area contributed by atoms with E-state index >= 15 is 0 Å². The Hall–Kier alpha value is -4.94. The Balaban J connectivity index is 1.38. The normalized spacial score (nSPS) is 11.3. The number of aliphatic carboxylic acids is 1. The Bertz CT molecular complexity index is 1490. The van der Waals surface area contributed by atoms with Crippen molar-refractivity contribution in [2.24, 2.45) is 0 Å². The second-order valence-electron chi connectivity index (χ2n) is 8.76. The van der Waals surface area contributed by atoms with E-state index in [9.17, 15) is 4.79 Å². The zero-order valence-corrected chi connectivity index (χ0v) is 22.1. The van der Waals surface area contributed by atoms with E-state index in [2.05, 4.69) is 58.5 Å². The van der Waals surface area contributed by atoms with Gasteiger partial charge >= 0.3 is 5.97 Å². The summed E-state index contributed by atoms with van der Waals surface area (Å²) in [7, 11) is 0. The summed E-state index contributed by atoms with van der Waals surface area (Å²) >= 11 is 5.65. The van der Waals surface area contributed by atoms with Gasteiger partial charge in [0.2, 0.25) is 0 Å². The second-order valence-corrected chi connectivity index (χ2v) is 9.15. The molecule has 0 amide bonds. The highest BCUT2D eigenvalue weighted by molar-refractivity contribution is 6.28. The van der Waals surface area contributed by atoms with Gasteiger partial charge in [0.1, 0.15) is 18.1 Å². The van der Waals surface area contributed by atoms with E-state index in [4.69, 9.17) is 26.2 Å². The third kappa shape index (κ3) is 6.73. The molecule has 1 N–H and O–H groups in total. The number of halogens is 1. The molecule has 2 aromatic heterocycles. The van der Waals surface area contributed by atoms with Crippen LogP contribution in [0.2, 0.25) is 0 Å². The number of aromatic nitrogens is 2. The fourth-order valence-electron chi connectivity index (χ4n) is 4.12. The molecule has 0 radical (unpaired) electrons. The lowest BCUT2D eigenvalue weighted by molar-refractivity contribution is -0.141. The van der Waals surface area contributed by atoms with Crippen LogP contribution in [0.3, 0.4) is 0 Å². The van der Waals surface area contributed by atoms with Gasteiger partial charge in [-0.3, -0.25) is 9.97 Å². The van der Waals surface area contributed by atoms with Gasteiger partial charge in [-0.2, -0.15) is 0 Å². The topological polar surface area (TPSA) is 81.5 Å². The molecule has 0 saturated heterocycles. The Morgan fingerprint density at radius 3 is 1.68 bits per heavy atom. The summed E-state index contributed by atoms with van der Waals surface area (Å²) in [5.41, 5.74) is 5.55. The van der Waals surface area contributed by atoms with Crippen molar-refractivity contribution in [3.05, 3.63) is 139 Å². The molecular weight excluding hydrogens is 524 g/mol. The highest BCUT2D eigenvalue weighted by Crippen LogP contribution is 2.28. The van der Waals surface area contributed by atoms with Crippen molar-refractivity contribution < 1.29 is 19.4 Å². The Morgan fingerprint density at radius 2 is 1.23 bits per heavy atom. The van der Waals surface area contributed by atoms with Gasteiger partial charge < -0.3 is 14.6 Å². The number of carboxylic acid groups (broad SMARTS) is 1. The first-order valence-electron chi connectivity index (χ1n) is 12.6. The van der Waals surface area contributed by atoms with E-state index in [-0.39, 0.29) is 0 Å². The number of hydrogen-bond acceptors (Lipinski definition) is 5. The minimum atomic E-state index is -1.45. The molecule has 5 rings (SSSR count). The average molecular weight is 549 g/mol. The molecule has 5 aromatic rings. The zero-order valence-electron chi connectivity index (χ0n) is 21.4. The van der Waals surface area contributed by atoms with Crippen LogP contribution in [-0.2, 0) is 4.79 Å². The number of carbonyl (C=O) groups is 1. The molecule has 6 nitrogen and oxygen atoms in total. The van der Waals surface area contributed by atoms with Crippen LogP contribution in [0.15, 0.2) is 128 Å².